The van der Waals surface area contributed by atoms with Gasteiger partial charge in [-0.2, -0.15) is 0 Å². The van der Waals surface area contributed by atoms with Gasteiger partial charge in [0.25, 0.3) is 0 Å². The van der Waals surface area contributed by atoms with Crippen LogP contribution in [0.25, 0.3) is 0 Å². The lowest BCUT2D eigenvalue weighted by atomic mass is 9.96. The van der Waals surface area contributed by atoms with E-state index in [1.165, 1.54) is 19.3 Å². The van der Waals surface area contributed by atoms with Crippen molar-refractivity contribution in [1.82, 2.24) is 15.1 Å². The quantitative estimate of drug-likeness (QED) is 0.543. The number of hydrogen-bond acceptors (Lipinski definition) is 5. The van der Waals surface area contributed by atoms with Crippen LogP contribution in [-0.4, -0.2) is 68.4 Å². The molecule has 1 saturated carbocycles. The number of carbonyl (C=O) groups is 1. The number of rotatable bonds is 10. The standard InChI is InChI=1S/C28H39N3O4/c1-33-26-13-12-24(20-27(26)35-22-23-8-4-2-5-9-23)21-31(15-14-30-16-18-34-19-17-30)28(32)29-25-10-6-3-7-11-25/h2,4-5,8-9,12-13,20,25H,3,6-7,10-11,14-19,21-22H2,1H3,(H,29,32). The molecule has 2 amide bonds. The van der Waals surface area contributed by atoms with E-state index in [0.29, 0.717) is 31.2 Å². The second-order valence-electron chi connectivity index (χ2n) is 9.42. The van der Waals surface area contributed by atoms with E-state index in [1.54, 1.807) is 7.11 Å². The molecule has 2 aromatic rings. The summed E-state index contributed by atoms with van der Waals surface area (Å²) in [6, 6.07) is 16.3. The minimum absolute atomic E-state index is 0.0210. The molecule has 1 heterocycles. The average Bonchev–Trinajstić information content (AvgIpc) is 2.91. The second kappa shape index (κ2) is 13.4. The normalized spacial score (nSPS) is 17.1. The maximum Gasteiger partial charge on any atom is 0.317 e. The molecular weight excluding hydrogens is 442 g/mol. The van der Waals surface area contributed by atoms with Crippen LogP contribution in [0.3, 0.4) is 0 Å². The number of benzene rings is 2. The summed E-state index contributed by atoms with van der Waals surface area (Å²) >= 11 is 0. The number of ether oxygens (including phenoxy) is 3. The van der Waals surface area contributed by atoms with Crippen molar-refractivity contribution < 1.29 is 19.0 Å². The zero-order chi connectivity index (χ0) is 24.3. The minimum atomic E-state index is 0.0210. The van der Waals surface area contributed by atoms with Crippen LogP contribution >= 0.6 is 0 Å². The summed E-state index contributed by atoms with van der Waals surface area (Å²) in [4.78, 5) is 17.6. The average molecular weight is 482 g/mol. The highest BCUT2D eigenvalue weighted by Crippen LogP contribution is 2.29. The fraction of sp³-hybridized carbons (Fsp3) is 0.536. The summed E-state index contributed by atoms with van der Waals surface area (Å²) in [5.74, 6) is 1.38. The van der Waals surface area contributed by atoms with Gasteiger partial charge in [0, 0.05) is 38.8 Å². The lowest BCUT2D eigenvalue weighted by molar-refractivity contribution is 0.0345. The van der Waals surface area contributed by atoms with Gasteiger partial charge >= 0.3 is 6.03 Å². The molecule has 0 radical (unpaired) electrons. The van der Waals surface area contributed by atoms with Gasteiger partial charge in [0.1, 0.15) is 6.61 Å². The first-order valence-corrected chi connectivity index (χ1v) is 12.9. The SMILES string of the molecule is COc1ccc(CN(CCN2CCOCC2)C(=O)NC2CCCCC2)cc1OCc1ccccc1. The molecule has 35 heavy (non-hydrogen) atoms. The van der Waals surface area contributed by atoms with E-state index in [2.05, 4.69) is 10.2 Å². The van der Waals surface area contributed by atoms with E-state index < -0.39 is 0 Å². The van der Waals surface area contributed by atoms with Crippen LogP contribution in [0.4, 0.5) is 4.79 Å². The van der Waals surface area contributed by atoms with E-state index in [4.69, 9.17) is 14.2 Å². The van der Waals surface area contributed by atoms with Crippen LogP contribution in [0.2, 0.25) is 0 Å². The Labute approximate surface area is 209 Å². The van der Waals surface area contributed by atoms with Crippen molar-refractivity contribution in [3.63, 3.8) is 0 Å². The molecule has 0 atom stereocenters. The molecule has 1 aliphatic heterocycles. The first kappa shape index (κ1) is 25.3. The van der Waals surface area contributed by atoms with Crippen molar-refractivity contribution in [1.29, 1.82) is 0 Å². The molecule has 2 aliphatic rings. The summed E-state index contributed by atoms with van der Waals surface area (Å²) in [6.45, 7) is 5.85. The fourth-order valence-electron chi connectivity index (χ4n) is 4.74. The van der Waals surface area contributed by atoms with Crippen LogP contribution in [0.15, 0.2) is 48.5 Å². The Hall–Kier alpha value is -2.77. The largest absolute Gasteiger partial charge is 0.493 e. The number of hydrogen-bond donors (Lipinski definition) is 1. The lowest BCUT2D eigenvalue weighted by Gasteiger charge is -2.32. The van der Waals surface area contributed by atoms with Gasteiger partial charge in [-0.15, -0.1) is 0 Å². The van der Waals surface area contributed by atoms with Gasteiger partial charge in [0.15, 0.2) is 11.5 Å². The Morgan fingerprint density at radius 3 is 2.54 bits per heavy atom. The van der Waals surface area contributed by atoms with Crippen LogP contribution < -0.4 is 14.8 Å². The summed E-state index contributed by atoms with van der Waals surface area (Å²) in [6.07, 6.45) is 5.80. The van der Waals surface area contributed by atoms with Crippen LogP contribution in [0, 0.1) is 0 Å². The van der Waals surface area contributed by atoms with Crippen molar-refractivity contribution in [2.24, 2.45) is 0 Å². The van der Waals surface area contributed by atoms with E-state index in [-0.39, 0.29) is 12.1 Å². The van der Waals surface area contributed by atoms with Gasteiger partial charge < -0.3 is 24.4 Å². The maximum absolute atomic E-state index is 13.3. The maximum atomic E-state index is 13.3. The third kappa shape index (κ3) is 7.87. The monoisotopic (exact) mass is 481 g/mol. The predicted octanol–water partition coefficient (Wildman–Crippen LogP) is 4.45. The molecule has 0 aromatic heterocycles. The molecule has 190 valence electrons. The Balaban J connectivity index is 1.43. The van der Waals surface area contributed by atoms with Crippen LogP contribution in [0.5, 0.6) is 11.5 Å². The zero-order valence-electron chi connectivity index (χ0n) is 20.9. The van der Waals surface area contributed by atoms with Crippen molar-refractivity contribution in [3.8, 4) is 11.5 Å². The first-order valence-electron chi connectivity index (χ1n) is 12.9. The van der Waals surface area contributed by atoms with Gasteiger partial charge in [0.05, 0.1) is 20.3 Å². The zero-order valence-corrected chi connectivity index (χ0v) is 20.9. The third-order valence-corrected chi connectivity index (χ3v) is 6.85. The van der Waals surface area contributed by atoms with Crippen molar-refractivity contribution in [2.75, 3.05) is 46.5 Å². The molecule has 7 heteroatoms. The molecule has 1 saturated heterocycles. The highest BCUT2D eigenvalue weighted by molar-refractivity contribution is 5.74. The fourth-order valence-corrected chi connectivity index (χ4v) is 4.74. The van der Waals surface area contributed by atoms with Crippen molar-refractivity contribution in [3.05, 3.63) is 59.7 Å². The number of morpholine rings is 1. The van der Waals surface area contributed by atoms with Crippen LogP contribution in [0.1, 0.15) is 43.2 Å². The van der Waals surface area contributed by atoms with Crippen molar-refractivity contribution in [2.45, 2.75) is 51.3 Å². The topological polar surface area (TPSA) is 63.3 Å². The van der Waals surface area contributed by atoms with E-state index in [0.717, 1.165) is 56.8 Å². The lowest BCUT2D eigenvalue weighted by Crippen LogP contribution is -2.48. The number of amides is 2. The summed E-state index contributed by atoms with van der Waals surface area (Å²) in [5, 5.41) is 3.30. The molecule has 0 spiro atoms. The van der Waals surface area contributed by atoms with E-state index in [9.17, 15) is 4.79 Å². The Morgan fingerprint density at radius 2 is 1.80 bits per heavy atom. The van der Waals surface area contributed by atoms with Gasteiger partial charge in [-0.25, -0.2) is 4.79 Å². The third-order valence-electron chi connectivity index (χ3n) is 6.85. The van der Waals surface area contributed by atoms with Gasteiger partial charge in [-0.1, -0.05) is 55.7 Å². The number of methoxy groups -OCH3 is 1. The molecule has 7 nitrogen and oxygen atoms in total. The highest BCUT2D eigenvalue weighted by Gasteiger charge is 2.22. The molecular formula is C28H39N3O4. The second-order valence-corrected chi connectivity index (χ2v) is 9.42. The molecule has 0 unspecified atom stereocenters. The highest BCUT2D eigenvalue weighted by atomic mass is 16.5. The van der Waals surface area contributed by atoms with Gasteiger partial charge in [0.2, 0.25) is 0 Å². The smallest absolute Gasteiger partial charge is 0.317 e. The van der Waals surface area contributed by atoms with E-state index in [1.807, 2.05) is 53.4 Å². The molecule has 2 fully saturated rings. The number of nitrogens with zero attached hydrogens (tertiary/aromatic N) is 2. The Bertz CT molecular complexity index is 912. The summed E-state index contributed by atoms with van der Waals surface area (Å²) in [7, 11) is 1.65. The minimum Gasteiger partial charge on any atom is -0.493 e. The predicted molar refractivity (Wildman–Crippen MR) is 137 cm³/mol. The van der Waals surface area contributed by atoms with Gasteiger partial charge in [-0.3, -0.25) is 4.90 Å². The molecule has 1 aliphatic carbocycles. The van der Waals surface area contributed by atoms with Crippen molar-refractivity contribution >= 4 is 6.03 Å². The number of nitrogens with one attached hydrogen (secondary N) is 1. The molecule has 1 N–H and O–H groups in total. The first-order chi connectivity index (χ1) is 17.2. The van der Waals surface area contributed by atoms with Gasteiger partial charge in [-0.05, 0) is 36.1 Å². The molecule has 2 aromatic carbocycles. The number of urea groups is 1. The van der Waals surface area contributed by atoms with Crippen LogP contribution in [-0.2, 0) is 17.9 Å². The molecule has 4 rings (SSSR count). The van der Waals surface area contributed by atoms with E-state index >= 15 is 0 Å². The Kier molecular flexibility index (Phi) is 9.66. The number of carbonyl (C=O) groups excluding carboxylic acids is 1. The summed E-state index contributed by atoms with van der Waals surface area (Å²) in [5.41, 5.74) is 2.12. The summed E-state index contributed by atoms with van der Waals surface area (Å²) < 4.78 is 17.1. The molecule has 0 bridgehead atoms. The Morgan fingerprint density at radius 1 is 1.03 bits per heavy atom.